The molecule has 0 radical (unpaired) electrons. The molecule has 0 aliphatic carbocycles. The van der Waals surface area contributed by atoms with Crippen molar-refractivity contribution in [2.45, 2.75) is 29.1 Å². The van der Waals surface area contributed by atoms with Crippen LogP contribution in [0.3, 0.4) is 0 Å². The Balaban J connectivity index is 1.43. The van der Waals surface area contributed by atoms with E-state index in [1.54, 1.807) is 0 Å². The molecule has 0 N–H and O–H groups in total. The third-order valence-corrected chi connectivity index (χ3v) is 7.88. The van der Waals surface area contributed by atoms with Gasteiger partial charge in [0.15, 0.2) is 9.54 Å². The quantitative estimate of drug-likeness (QED) is 0.733. The Kier molecular flexibility index (Phi) is 3.49. The minimum atomic E-state index is 0.178. The molecule has 0 bridgehead atoms. The van der Waals surface area contributed by atoms with Crippen molar-refractivity contribution in [2.75, 3.05) is 0 Å². The van der Waals surface area contributed by atoms with Crippen molar-refractivity contribution in [1.82, 2.24) is 0 Å². The van der Waals surface area contributed by atoms with Crippen molar-refractivity contribution in [3.63, 3.8) is 0 Å². The normalized spacial score (nSPS) is 18.5. The summed E-state index contributed by atoms with van der Waals surface area (Å²) in [6.07, 6.45) is 0. The zero-order valence-electron chi connectivity index (χ0n) is 9.81. The van der Waals surface area contributed by atoms with Crippen LogP contribution in [0, 0.1) is 0 Å². The topological polar surface area (TPSA) is 9.23 Å². The number of hydrogen-bond donors (Lipinski definition) is 0. The minimum Gasteiger partial charge on any atom is -0.332 e. The zero-order chi connectivity index (χ0) is 12.7. The van der Waals surface area contributed by atoms with Gasteiger partial charge in [-0.3, -0.25) is 0 Å². The Morgan fingerprint density at radius 3 is 1.21 bits per heavy atom. The highest BCUT2D eigenvalue weighted by molar-refractivity contribution is 8.20. The second-order valence-electron chi connectivity index (χ2n) is 4.08. The molecule has 19 heavy (non-hydrogen) atoms. The highest BCUT2D eigenvalue weighted by Crippen LogP contribution is 2.53. The molecular formula is C14H10OS4. The van der Waals surface area contributed by atoms with Gasteiger partial charge in [0, 0.05) is 19.6 Å². The summed E-state index contributed by atoms with van der Waals surface area (Å²) in [4.78, 5) is 5.34. The molecule has 2 aliphatic heterocycles. The van der Waals surface area contributed by atoms with Crippen LogP contribution in [-0.4, -0.2) is 9.54 Å². The summed E-state index contributed by atoms with van der Waals surface area (Å²) in [5.74, 6) is 0. The van der Waals surface area contributed by atoms with E-state index in [0.29, 0.717) is 0 Å². The Morgan fingerprint density at radius 2 is 0.895 bits per heavy atom. The summed E-state index contributed by atoms with van der Waals surface area (Å²) in [5.41, 5.74) is 0. The molecule has 2 aromatic carbocycles. The van der Waals surface area contributed by atoms with Gasteiger partial charge in [-0.1, -0.05) is 71.3 Å². The first kappa shape index (κ1) is 12.5. The van der Waals surface area contributed by atoms with Crippen molar-refractivity contribution < 1.29 is 4.74 Å². The van der Waals surface area contributed by atoms with Gasteiger partial charge in [0.1, 0.15) is 0 Å². The van der Waals surface area contributed by atoms with E-state index in [0.717, 1.165) is 0 Å². The Labute approximate surface area is 129 Å². The minimum absolute atomic E-state index is 0.178. The maximum atomic E-state index is 6.19. The lowest BCUT2D eigenvalue weighted by atomic mass is 10.4. The highest BCUT2D eigenvalue weighted by Gasteiger charge is 2.30. The van der Waals surface area contributed by atoms with Crippen LogP contribution < -0.4 is 0 Å². The summed E-state index contributed by atoms with van der Waals surface area (Å²) < 4.78 is 6.54. The molecular weight excluding hydrogens is 312 g/mol. The number of hydrogen-bond acceptors (Lipinski definition) is 5. The van der Waals surface area contributed by atoms with Crippen LogP contribution in [0.1, 0.15) is 0 Å². The summed E-state index contributed by atoms with van der Waals surface area (Å²) in [5, 5.41) is 0. The molecule has 0 saturated heterocycles. The van der Waals surface area contributed by atoms with Gasteiger partial charge in [-0.2, -0.15) is 0 Å². The predicted octanol–water partition coefficient (Wildman–Crippen LogP) is 5.37. The van der Waals surface area contributed by atoms with E-state index in [2.05, 4.69) is 48.5 Å². The molecule has 2 aliphatic rings. The Hall–Kier alpha value is -0.200. The molecule has 0 atom stereocenters. The molecule has 0 spiro atoms. The van der Waals surface area contributed by atoms with Crippen LogP contribution in [-0.2, 0) is 4.74 Å². The number of thioether (sulfide) groups is 4. The molecule has 96 valence electrons. The summed E-state index contributed by atoms with van der Waals surface area (Å²) in [6.45, 7) is 0. The largest absolute Gasteiger partial charge is 0.332 e. The molecule has 0 aromatic heterocycles. The summed E-state index contributed by atoms with van der Waals surface area (Å²) in [7, 11) is 0. The smallest absolute Gasteiger partial charge is 0.161 e. The van der Waals surface area contributed by atoms with Crippen molar-refractivity contribution in [3.8, 4) is 0 Å². The standard InChI is InChI=1S/C14H10OS4/c1-2-6-10-9(5-1)16-13(17-10)15-14-18-11-7-3-4-8-12(11)19-14/h1-8,13-14H. The lowest BCUT2D eigenvalue weighted by Gasteiger charge is -2.14. The zero-order valence-corrected chi connectivity index (χ0v) is 13.1. The lowest BCUT2D eigenvalue weighted by Crippen LogP contribution is -2.06. The van der Waals surface area contributed by atoms with Gasteiger partial charge >= 0.3 is 0 Å². The van der Waals surface area contributed by atoms with Crippen LogP contribution in [0.15, 0.2) is 68.1 Å². The molecule has 4 rings (SSSR count). The van der Waals surface area contributed by atoms with Gasteiger partial charge in [-0.05, 0) is 24.3 Å². The summed E-state index contributed by atoms with van der Waals surface area (Å²) >= 11 is 7.26. The Bertz CT molecular complexity index is 512. The first-order chi connectivity index (χ1) is 9.38. The van der Waals surface area contributed by atoms with Gasteiger partial charge in [-0.25, -0.2) is 0 Å². The molecule has 0 amide bonds. The average molecular weight is 323 g/mol. The number of ether oxygens (including phenoxy) is 1. The number of fused-ring (bicyclic) bond motifs is 2. The van der Waals surface area contributed by atoms with E-state index in [9.17, 15) is 0 Å². The fourth-order valence-corrected chi connectivity index (χ4v) is 7.30. The third-order valence-electron chi connectivity index (χ3n) is 2.81. The second-order valence-corrected chi connectivity index (χ2v) is 9.09. The molecule has 1 nitrogen and oxygen atoms in total. The van der Waals surface area contributed by atoms with Crippen molar-refractivity contribution in [1.29, 1.82) is 0 Å². The molecule has 0 fully saturated rings. The fourth-order valence-electron chi connectivity index (χ4n) is 1.95. The predicted molar refractivity (Wildman–Crippen MR) is 85.0 cm³/mol. The van der Waals surface area contributed by atoms with E-state index < -0.39 is 0 Å². The van der Waals surface area contributed by atoms with E-state index >= 15 is 0 Å². The molecule has 0 saturated carbocycles. The van der Waals surface area contributed by atoms with Gasteiger partial charge < -0.3 is 4.74 Å². The van der Waals surface area contributed by atoms with Gasteiger partial charge in [0.05, 0.1) is 0 Å². The second kappa shape index (κ2) is 5.30. The van der Waals surface area contributed by atoms with Crippen molar-refractivity contribution >= 4 is 47.0 Å². The fraction of sp³-hybridized carbons (Fsp3) is 0.143. The van der Waals surface area contributed by atoms with Crippen LogP contribution in [0.5, 0.6) is 0 Å². The summed E-state index contributed by atoms with van der Waals surface area (Å²) in [6, 6.07) is 17.0. The van der Waals surface area contributed by atoms with Crippen LogP contribution in [0.25, 0.3) is 0 Å². The van der Waals surface area contributed by atoms with Crippen LogP contribution >= 0.6 is 47.0 Å². The van der Waals surface area contributed by atoms with E-state index in [1.807, 2.05) is 47.0 Å². The molecule has 2 aromatic rings. The molecule has 5 heteroatoms. The van der Waals surface area contributed by atoms with Gasteiger partial charge in [0.2, 0.25) is 0 Å². The van der Waals surface area contributed by atoms with E-state index in [1.165, 1.54) is 19.6 Å². The average Bonchev–Trinajstić information content (AvgIpc) is 3.00. The lowest BCUT2D eigenvalue weighted by molar-refractivity contribution is 0.197. The van der Waals surface area contributed by atoms with E-state index in [-0.39, 0.29) is 9.54 Å². The Morgan fingerprint density at radius 1 is 0.579 bits per heavy atom. The SMILES string of the molecule is c1ccc2c(c1)SC(OC1Sc3ccccc3S1)S2. The van der Waals surface area contributed by atoms with Crippen LogP contribution in [0.4, 0.5) is 0 Å². The number of rotatable bonds is 2. The van der Waals surface area contributed by atoms with Crippen LogP contribution in [0.2, 0.25) is 0 Å². The first-order valence-electron chi connectivity index (χ1n) is 5.89. The van der Waals surface area contributed by atoms with Gasteiger partial charge in [0.25, 0.3) is 0 Å². The number of benzene rings is 2. The van der Waals surface area contributed by atoms with E-state index in [4.69, 9.17) is 4.74 Å². The van der Waals surface area contributed by atoms with Crippen molar-refractivity contribution in [2.24, 2.45) is 0 Å². The van der Waals surface area contributed by atoms with Gasteiger partial charge in [-0.15, -0.1) is 0 Å². The van der Waals surface area contributed by atoms with Crippen molar-refractivity contribution in [3.05, 3.63) is 48.5 Å². The first-order valence-corrected chi connectivity index (χ1v) is 9.40. The monoisotopic (exact) mass is 322 g/mol. The maximum absolute atomic E-state index is 6.19. The molecule has 0 unspecified atom stereocenters. The molecule has 2 heterocycles. The third kappa shape index (κ3) is 2.54. The maximum Gasteiger partial charge on any atom is 0.161 e. The highest BCUT2D eigenvalue weighted by atomic mass is 32.2.